The average molecular weight is 273 g/mol. The van der Waals surface area contributed by atoms with Crippen molar-refractivity contribution in [1.29, 1.82) is 0 Å². The molecule has 0 aliphatic carbocycles. The van der Waals surface area contributed by atoms with Crippen LogP contribution >= 0.6 is 0 Å². The molecule has 2 amide bonds. The number of carbonyl (C=O) groups is 3. The van der Waals surface area contributed by atoms with Gasteiger partial charge < -0.3 is 9.15 Å². The predicted molar refractivity (Wildman–Crippen MR) is 68.1 cm³/mol. The Balaban J connectivity index is 1.81. The molecule has 3 rings (SSSR count). The molecule has 1 aliphatic heterocycles. The van der Waals surface area contributed by atoms with E-state index in [0.29, 0.717) is 5.58 Å². The standard InChI is InChI=1S/C14H11NO5/c16-10(6-15-13(17)7-19-8-14(15)18)12-5-9-3-1-2-4-11(9)20-12/h1-5H,6-8H2. The smallest absolute Gasteiger partial charge is 0.255 e. The minimum Gasteiger partial charge on any atom is -0.453 e. The van der Waals surface area contributed by atoms with Gasteiger partial charge in [-0.2, -0.15) is 0 Å². The van der Waals surface area contributed by atoms with E-state index < -0.39 is 17.6 Å². The van der Waals surface area contributed by atoms with Crippen molar-refractivity contribution in [3.63, 3.8) is 0 Å². The molecular weight excluding hydrogens is 262 g/mol. The number of hydrogen-bond donors (Lipinski definition) is 0. The number of hydrogen-bond acceptors (Lipinski definition) is 5. The van der Waals surface area contributed by atoms with Gasteiger partial charge in [-0.05, 0) is 12.1 Å². The fourth-order valence-electron chi connectivity index (χ4n) is 2.04. The van der Waals surface area contributed by atoms with Crippen molar-refractivity contribution < 1.29 is 23.5 Å². The van der Waals surface area contributed by atoms with Crippen LogP contribution in [0, 0.1) is 0 Å². The molecule has 0 N–H and O–H groups in total. The summed E-state index contributed by atoms with van der Waals surface area (Å²) in [5.74, 6) is -1.29. The number of benzene rings is 1. The number of fused-ring (bicyclic) bond motifs is 1. The highest BCUT2D eigenvalue weighted by molar-refractivity contribution is 6.06. The molecule has 0 bridgehead atoms. The Morgan fingerprint density at radius 3 is 2.55 bits per heavy atom. The van der Waals surface area contributed by atoms with Gasteiger partial charge in [0.2, 0.25) is 5.78 Å². The Labute approximate surface area is 113 Å². The first-order valence-electron chi connectivity index (χ1n) is 6.08. The van der Waals surface area contributed by atoms with Gasteiger partial charge in [0, 0.05) is 5.39 Å². The van der Waals surface area contributed by atoms with Gasteiger partial charge in [0.1, 0.15) is 18.8 Å². The van der Waals surface area contributed by atoms with Crippen LogP contribution < -0.4 is 0 Å². The van der Waals surface area contributed by atoms with Gasteiger partial charge in [0.15, 0.2) is 5.76 Å². The van der Waals surface area contributed by atoms with Gasteiger partial charge in [-0.3, -0.25) is 19.3 Å². The minimum absolute atomic E-state index is 0.137. The zero-order valence-electron chi connectivity index (χ0n) is 10.5. The number of nitrogens with zero attached hydrogens (tertiary/aromatic N) is 1. The summed E-state index contributed by atoms with van der Waals surface area (Å²) >= 11 is 0. The SMILES string of the molecule is O=C(CN1C(=O)COCC1=O)c1cc2ccccc2o1. The molecule has 0 spiro atoms. The van der Waals surface area contributed by atoms with Crippen molar-refractivity contribution in [2.75, 3.05) is 19.8 Å². The molecule has 0 unspecified atom stereocenters. The van der Waals surface area contributed by atoms with Gasteiger partial charge in [-0.25, -0.2) is 0 Å². The van der Waals surface area contributed by atoms with Crippen LogP contribution in [-0.4, -0.2) is 42.3 Å². The van der Waals surface area contributed by atoms with E-state index in [1.54, 1.807) is 18.2 Å². The summed E-state index contributed by atoms with van der Waals surface area (Å²) in [6, 6.07) is 8.81. The Kier molecular flexibility index (Phi) is 3.08. The van der Waals surface area contributed by atoms with Gasteiger partial charge in [0.05, 0.1) is 6.54 Å². The minimum atomic E-state index is -0.509. The van der Waals surface area contributed by atoms with Gasteiger partial charge in [-0.1, -0.05) is 18.2 Å². The lowest BCUT2D eigenvalue weighted by Gasteiger charge is -2.23. The Morgan fingerprint density at radius 1 is 1.15 bits per heavy atom. The maximum absolute atomic E-state index is 12.1. The summed E-state index contributed by atoms with van der Waals surface area (Å²) in [6.45, 7) is -0.681. The number of Topliss-reactive ketones (excluding diaryl/α,β-unsaturated/α-hetero) is 1. The van der Waals surface area contributed by atoms with Crippen molar-refractivity contribution >= 4 is 28.6 Å². The second kappa shape index (κ2) is 4.90. The zero-order valence-corrected chi connectivity index (χ0v) is 10.5. The number of para-hydroxylation sites is 1. The third-order valence-electron chi connectivity index (χ3n) is 3.06. The first-order valence-corrected chi connectivity index (χ1v) is 6.08. The Morgan fingerprint density at radius 2 is 1.85 bits per heavy atom. The first kappa shape index (κ1) is 12.6. The molecule has 20 heavy (non-hydrogen) atoms. The van der Waals surface area contributed by atoms with Crippen molar-refractivity contribution in [3.05, 3.63) is 36.1 Å². The Bertz CT molecular complexity index is 653. The number of furan rings is 1. The van der Waals surface area contributed by atoms with Crippen molar-refractivity contribution in [2.24, 2.45) is 0 Å². The Hall–Kier alpha value is -2.47. The maximum atomic E-state index is 12.1. The molecule has 0 atom stereocenters. The lowest BCUT2D eigenvalue weighted by Crippen LogP contribution is -2.48. The molecule has 6 heteroatoms. The zero-order chi connectivity index (χ0) is 14.1. The first-order chi connectivity index (χ1) is 9.65. The molecule has 0 saturated carbocycles. The largest absolute Gasteiger partial charge is 0.453 e. The molecule has 1 saturated heterocycles. The van der Waals surface area contributed by atoms with Crippen LogP contribution in [-0.2, 0) is 14.3 Å². The number of rotatable bonds is 3. The fourth-order valence-corrected chi connectivity index (χ4v) is 2.04. The van der Waals surface area contributed by atoms with E-state index in [4.69, 9.17) is 9.15 Å². The molecule has 1 aromatic heterocycles. The molecule has 6 nitrogen and oxygen atoms in total. The van der Waals surface area contributed by atoms with Crippen LogP contribution in [0.15, 0.2) is 34.7 Å². The lowest BCUT2D eigenvalue weighted by molar-refractivity contribution is -0.157. The number of imide groups is 1. The van der Waals surface area contributed by atoms with E-state index >= 15 is 0 Å². The predicted octanol–water partition coefficient (Wildman–Crippen LogP) is 1.00. The normalized spacial score (nSPS) is 15.9. The van der Waals surface area contributed by atoms with Crippen molar-refractivity contribution in [1.82, 2.24) is 4.90 Å². The van der Waals surface area contributed by atoms with Crippen molar-refractivity contribution in [3.8, 4) is 0 Å². The van der Waals surface area contributed by atoms with Crippen LogP contribution in [0.4, 0.5) is 0 Å². The average Bonchev–Trinajstić information content (AvgIpc) is 2.87. The second-order valence-corrected chi connectivity index (χ2v) is 4.44. The number of amides is 2. The monoisotopic (exact) mass is 273 g/mol. The fraction of sp³-hybridized carbons (Fsp3) is 0.214. The highest BCUT2D eigenvalue weighted by Crippen LogP contribution is 2.19. The molecule has 1 aromatic carbocycles. The summed E-state index contributed by atoms with van der Waals surface area (Å²) in [6.07, 6.45) is 0. The molecule has 2 aromatic rings. The topological polar surface area (TPSA) is 76.8 Å². The molecular formula is C14H11NO5. The molecule has 2 heterocycles. The summed E-state index contributed by atoms with van der Waals surface area (Å²) in [4.78, 5) is 36.1. The van der Waals surface area contributed by atoms with Gasteiger partial charge in [0.25, 0.3) is 11.8 Å². The van der Waals surface area contributed by atoms with Crippen LogP contribution in [0.1, 0.15) is 10.6 Å². The van der Waals surface area contributed by atoms with Crippen molar-refractivity contribution in [2.45, 2.75) is 0 Å². The van der Waals surface area contributed by atoms with Crippen LogP contribution in [0.25, 0.3) is 11.0 Å². The van der Waals surface area contributed by atoms with E-state index in [9.17, 15) is 14.4 Å². The number of morpholine rings is 1. The summed E-state index contributed by atoms with van der Waals surface area (Å²) in [5.41, 5.74) is 0.593. The third-order valence-corrected chi connectivity index (χ3v) is 3.06. The maximum Gasteiger partial charge on any atom is 0.255 e. The number of carbonyl (C=O) groups excluding carboxylic acids is 3. The number of ether oxygens (including phenoxy) is 1. The molecule has 102 valence electrons. The van der Waals surface area contributed by atoms with E-state index in [2.05, 4.69) is 0 Å². The van der Waals surface area contributed by atoms with Gasteiger partial charge >= 0.3 is 0 Å². The summed E-state index contributed by atoms with van der Waals surface area (Å²) < 4.78 is 10.2. The van der Waals surface area contributed by atoms with Crippen LogP contribution in [0.2, 0.25) is 0 Å². The van der Waals surface area contributed by atoms with Crippen LogP contribution in [0.3, 0.4) is 0 Å². The van der Waals surface area contributed by atoms with E-state index in [-0.39, 0.29) is 25.5 Å². The van der Waals surface area contributed by atoms with Crippen LogP contribution in [0.5, 0.6) is 0 Å². The quantitative estimate of drug-likeness (QED) is 0.616. The third kappa shape index (κ3) is 2.21. The second-order valence-electron chi connectivity index (χ2n) is 4.44. The highest BCUT2D eigenvalue weighted by atomic mass is 16.5. The lowest BCUT2D eigenvalue weighted by atomic mass is 10.2. The summed E-state index contributed by atoms with van der Waals surface area (Å²) in [5, 5.41) is 0.801. The number of ketones is 1. The molecule has 1 aliphatic rings. The summed E-state index contributed by atoms with van der Waals surface area (Å²) in [7, 11) is 0. The van der Waals surface area contributed by atoms with E-state index in [1.165, 1.54) is 0 Å². The highest BCUT2D eigenvalue weighted by Gasteiger charge is 2.29. The molecule has 0 radical (unpaired) electrons. The van der Waals surface area contributed by atoms with E-state index in [0.717, 1.165) is 10.3 Å². The molecule has 1 fully saturated rings. The van der Waals surface area contributed by atoms with E-state index in [1.807, 2.05) is 12.1 Å². The van der Waals surface area contributed by atoms with Gasteiger partial charge in [-0.15, -0.1) is 0 Å².